The predicted octanol–water partition coefficient (Wildman–Crippen LogP) is 2.60. The summed E-state index contributed by atoms with van der Waals surface area (Å²) in [6.45, 7) is 1.03. The molecule has 0 spiro atoms. The van der Waals surface area contributed by atoms with E-state index in [1.165, 1.54) is 17.0 Å². The van der Waals surface area contributed by atoms with E-state index < -0.39 is 6.09 Å². The molecular formula is C14H18FN3O2S. The second kappa shape index (κ2) is 6.71. The predicted molar refractivity (Wildman–Crippen MR) is 83.0 cm³/mol. The number of rotatable bonds is 2. The van der Waals surface area contributed by atoms with Crippen molar-refractivity contribution in [1.82, 2.24) is 9.80 Å². The quantitative estimate of drug-likeness (QED) is 0.822. The minimum absolute atomic E-state index is 0.209. The topological polar surface area (TPSA) is 55.8 Å². The standard InChI is InChI=1S/C14H18FN3O2S/c1-17(12-6-8-18(9-7-12)14(19)20)13(21)16-11-4-2-10(15)3-5-11/h2-5,12H,6-9H2,1H3,(H,16,21)(H,19,20). The minimum Gasteiger partial charge on any atom is -0.465 e. The van der Waals surface area contributed by atoms with Crippen molar-refractivity contribution in [3.63, 3.8) is 0 Å². The first-order valence-electron chi connectivity index (χ1n) is 6.74. The summed E-state index contributed by atoms with van der Waals surface area (Å²) in [6, 6.07) is 6.21. The Labute approximate surface area is 128 Å². The molecule has 0 aliphatic carbocycles. The molecule has 0 saturated carbocycles. The van der Waals surface area contributed by atoms with Gasteiger partial charge in [-0.05, 0) is 49.3 Å². The first-order valence-corrected chi connectivity index (χ1v) is 7.15. The first kappa shape index (κ1) is 15.5. The molecule has 2 rings (SSSR count). The number of hydrogen-bond acceptors (Lipinski definition) is 2. The lowest BCUT2D eigenvalue weighted by atomic mass is 10.0. The fourth-order valence-electron chi connectivity index (χ4n) is 2.36. The molecule has 1 heterocycles. The number of carbonyl (C=O) groups is 1. The van der Waals surface area contributed by atoms with Gasteiger partial charge in [-0.25, -0.2) is 9.18 Å². The Bertz CT molecular complexity index is 515. The lowest BCUT2D eigenvalue weighted by Gasteiger charge is -2.36. The zero-order chi connectivity index (χ0) is 15.4. The molecule has 1 amide bonds. The van der Waals surface area contributed by atoms with Gasteiger partial charge in [0.05, 0.1) is 0 Å². The van der Waals surface area contributed by atoms with Crippen LogP contribution in [0.4, 0.5) is 14.9 Å². The first-order chi connectivity index (χ1) is 9.97. The van der Waals surface area contributed by atoms with E-state index >= 15 is 0 Å². The fourth-order valence-corrected chi connectivity index (χ4v) is 2.62. The number of halogens is 1. The molecule has 21 heavy (non-hydrogen) atoms. The summed E-state index contributed by atoms with van der Waals surface area (Å²) >= 11 is 5.34. The number of likely N-dealkylation sites (tertiary alicyclic amines) is 1. The maximum atomic E-state index is 12.9. The van der Waals surface area contributed by atoms with E-state index in [1.807, 2.05) is 11.9 Å². The minimum atomic E-state index is -0.872. The third-order valence-corrected chi connectivity index (χ3v) is 4.09. The smallest absolute Gasteiger partial charge is 0.407 e. The van der Waals surface area contributed by atoms with Gasteiger partial charge in [0.15, 0.2) is 5.11 Å². The van der Waals surface area contributed by atoms with E-state index in [2.05, 4.69) is 5.32 Å². The van der Waals surface area contributed by atoms with Crippen molar-refractivity contribution in [3.05, 3.63) is 30.1 Å². The number of thiocarbonyl (C=S) groups is 1. The van der Waals surface area contributed by atoms with Crippen molar-refractivity contribution >= 4 is 29.1 Å². The van der Waals surface area contributed by atoms with Crippen LogP contribution in [-0.2, 0) is 0 Å². The highest BCUT2D eigenvalue weighted by Gasteiger charge is 2.26. The lowest BCUT2D eigenvalue weighted by molar-refractivity contribution is 0.120. The van der Waals surface area contributed by atoms with Gasteiger partial charge in [-0.15, -0.1) is 0 Å². The monoisotopic (exact) mass is 311 g/mol. The molecule has 0 radical (unpaired) electrons. The SMILES string of the molecule is CN(C(=S)Nc1ccc(F)cc1)C1CCN(C(=O)O)CC1. The third-order valence-electron chi connectivity index (χ3n) is 3.70. The van der Waals surface area contributed by atoms with Crippen molar-refractivity contribution < 1.29 is 14.3 Å². The van der Waals surface area contributed by atoms with Crippen LogP contribution in [0.25, 0.3) is 0 Å². The third kappa shape index (κ3) is 4.04. The van der Waals surface area contributed by atoms with Crippen molar-refractivity contribution in [2.75, 3.05) is 25.5 Å². The Hall–Kier alpha value is -1.89. The van der Waals surface area contributed by atoms with Crippen LogP contribution < -0.4 is 5.32 Å². The van der Waals surface area contributed by atoms with Gasteiger partial charge >= 0.3 is 6.09 Å². The Kier molecular flexibility index (Phi) is 4.95. The summed E-state index contributed by atoms with van der Waals surface area (Å²) in [6.07, 6.45) is 0.616. The molecule has 7 heteroatoms. The summed E-state index contributed by atoms with van der Waals surface area (Å²) < 4.78 is 12.9. The average Bonchev–Trinajstić information content (AvgIpc) is 2.49. The molecule has 5 nitrogen and oxygen atoms in total. The van der Waals surface area contributed by atoms with Gasteiger partial charge in [0, 0.05) is 31.9 Å². The van der Waals surface area contributed by atoms with Crippen LogP contribution >= 0.6 is 12.2 Å². The van der Waals surface area contributed by atoms with E-state index in [0.29, 0.717) is 18.2 Å². The van der Waals surface area contributed by atoms with E-state index in [0.717, 1.165) is 18.5 Å². The molecule has 1 aliphatic heterocycles. The lowest BCUT2D eigenvalue weighted by Crippen LogP contribution is -2.48. The Morgan fingerprint density at radius 3 is 2.48 bits per heavy atom. The van der Waals surface area contributed by atoms with Gasteiger partial charge in [0.2, 0.25) is 0 Å². The van der Waals surface area contributed by atoms with E-state index in [-0.39, 0.29) is 11.9 Å². The molecule has 1 aromatic carbocycles. The van der Waals surface area contributed by atoms with Gasteiger partial charge in [0.1, 0.15) is 5.82 Å². The van der Waals surface area contributed by atoms with Gasteiger partial charge < -0.3 is 20.2 Å². The average molecular weight is 311 g/mol. The zero-order valence-electron chi connectivity index (χ0n) is 11.8. The normalized spacial score (nSPS) is 15.6. The second-order valence-electron chi connectivity index (χ2n) is 5.05. The molecule has 1 saturated heterocycles. The largest absolute Gasteiger partial charge is 0.465 e. The molecular weight excluding hydrogens is 293 g/mol. The number of nitrogens with zero attached hydrogens (tertiary/aromatic N) is 2. The summed E-state index contributed by atoms with van der Waals surface area (Å²) in [5.74, 6) is -0.291. The highest BCUT2D eigenvalue weighted by Crippen LogP contribution is 2.17. The van der Waals surface area contributed by atoms with Gasteiger partial charge in [0.25, 0.3) is 0 Å². The van der Waals surface area contributed by atoms with Crippen molar-refractivity contribution in [1.29, 1.82) is 0 Å². The number of carboxylic acid groups (broad SMARTS) is 1. The highest BCUT2D eigenvalue weighted by atomic mass is 32.1. The van der Waals surface area contributed by atoms with Crippen LogP contribution in [0.5, 0.6) is 0 Å². The number of nitrogens with one attached hydrogen (secondary N) is 1. The number of hydrogen-bond donors (Lipinski definition) is 2. The number of piperidine rings is 1. The van der Waals surface area contributed by atoms with Crippen LogP contribution in [-0.4, -0.2) is 52.3 Å². The summed E-state index contributed by atoms with van der Waals surface area (Å²) in [5, 5.41) is 12.5. The Morgan fingerprint density at radius 1 is 1.38 bits per heavy atom. The fraction of sp³-hybridized carbons (Fsp3) is 0.429. The summed E-state index contributed by atoms with van der Waals surface area (Å²) in [7, 11) is 1.89. The molecule has 114 valence electrons. The van der Waals surface area contributed by atoms with Crippen molar-refractivity contribution in [3.8, 4) is 0 Å². The molecule has 1 aromatic rings. The molecule has 0 atom stereocenters. The maximum Gasteiger partial charge on any atom is 0.407 e. The van der Waals surface area contributed by atoms with Gasteiger partial charge in [-0.2, -0.15) is 0 Å². The Balaban J connectivity index is 1.88. The molecule has 1 fully saturated rings. The van der Waals surface area contributed by atoms with E-state index in [9.17, 15) is 9.18 Å². The molecule has 0 bridgehead atoms. The molecule has 2 N–H and O–H groups in total. The number of anilines is 1. The molecule has 0 unspecified atom stereocenters. The van der Waals surface area contributed by atoms with Crippen LogP contribution in [0.1, 0.15) is 12.8 Å². The second-order valence-corrected chi connectivity index (χ2v) is 5.44. The van der Waals surface area contributed by atoms with Crippen LogP contribution in [0.3, 0.4) is 0 Å². The highest BCUT2D eigenvalue weighted by molar-refractivity contribution is 7.80. The molecule has 1 aliphatic rings. The van der Waals surface area contributed by atoms with Crippen molar-refractivity contribution in [2.24, 2.45) is 0 Å². The van der Waals surface area contributed by atoms with Crippen molar-refractivity contribution in [2.45, 2.75) is 18.9 Å². The summed E-state index contributed by atoms with van der Waals surface area (Å²) in [4.78, 5) is 14.2. The van der Waals surface area contributed by atoms with Crippen LogP contribution in [0.15, 0.2) is 24.3 Å². The van der Waals surface area contributed by atoms with E-state index in [4.69, 9.17) is 17.3 Å². The summed E-state index contributed by atoms with van der Waals surface area (Å²) in [5.41, 5.74) is 0.733. The number of amides is 1. The van der Waals surface area contributed by atoms with Crippen LogP contribution in [0.2, 0.25) is 0 Å². The zero-order valence-corrected chi connectivity index (χ0v) is 12.6. The van der Waals surface area contributed by atoms with Crippen LogP contribution in [0, 0.1) is 5.82 Å². The Morgan fingerprint density at radius 2 is 1.95 bits per heavy atom. The van der Waals surface area contributed by atoms with Gasteiger partial charge in [-0.1, -0.05) is 0 Å². The molecule has 0 aromatic heterocycles. The number of benzene rings is 1. The maximum absolute atomic E-state index is 12.9. The van der Waals surface area contributed by atoms with E-state index in [1.54, 1.807) is 12.1 Å². The van der Waals surface area contributed by atoms with Gasteiger partial charge in [-0.3, -0.25) is 0 Å².